The zero-order valence-electron chi connectivity index (χ0n) is 41.0. The minimum atomic E-state index is -2.84. The number of likely N-dealkylation sites (tertiary alicyclic amines) is 1. The second-order valence-corrected chi connectivity index (χ2v) is 21.2. The fraction of sp³-hybridized carbons (Fsp3) is 0.462. The molecule has 2 fully saturated rings. The van der Waals surface area contributed by atoms with Crippen LogP contribution >= 0.6 is 11.3 Å². The van der Waals surface area contributed by atoms with E-state index in [0.717, 1.165) is 57.8 Å². The monoisotopic (exact) mass is 1000 g/mol. The lowest BCUT2D eigenvalue weighted by atomic mass is 9.79. The van der Waals surface area contributed by atoms with Gasteiger partial charge in [0.2, 0.25) is 23.6 Å². The average Bonchev–Trinajstić information content (AvgIpc) is 4.17. The van der Waals surface area contributed by atoms with Crippen molar-refractivity contribution in [3.05, 3.63) is 94.1 Å². The molecule has 4 amide bonds. The summed E-state index contributed by atoms with van der Waals surface area (Å²) in [5.74, 6) is -2.32. The lowest BCUT2D eigenvalue weighted by Crippen LogP contribution is -2.52. The van der Waals surface area contributed by atoms with Crippen molar-refractivity contribution in [2.24, 2.45) is 11.3 Å². The van der Waals surface area contributed by atoms with E-state index in [2.05, 4.69) is 30.4 Å². The van der Waals surface area contributed by atoms with Crippen LogP contribution < -0.4 is 15.5 Å². The van der Waals surface area contributed by atoms with Gasteiger partial charge in [0.1, 0.15) is 17.6 Å². The molecule has 3 N–H and O–H groups in total. The van der Waals surface area contributed by atoms with Crippen LogP contribution in [0.25, 0.3) is 27.2 Å². The van der Waals surface area contributed by atoms with Gasteiger partial charge in [0.15, 0.2) is 11.5 Å². The highest BCUT2D eigenvalue weighted by Crippen LogP contribution is 2.44. The molecule has 2 aromatic carbocycles. The molecular weight excluding hydrogens is 945 g/mol. The van der Waals surface area contributed by atoms with Crippen LogP contribution in [0, 0.1) is 18.3 Å². The first-order valence-corrected chi connectivity index (χ1v) is 25.5. The number of amides is 4. The van der Waals surface area contributed by atoms with Crippen LogP contribution in [0.1, 0.15) is 99.5 Å². The van der Waals surface area contributed by atoms with E-state index < -0.39 is 47.6 Å². The number of β-amino-alcohol motifs (C(OH)–C–C–N with tert-alkyl or cyclic N) is 1. The number of aromatic nitrogens is 6. The highest BCUT2D eigenvalue weighted by molar-refractivity contribution is 7.13. The third-order valence-corrected chi connectivity index (χ3v) is 15.5. The van der Waals surface area contributed by atoms with Gasteiger partial charge in [0.25, 0.3) is 6.43 Å². The number of aryl methyl sites for hydroxylation is 2. The number of thiazole rings is 1. The smallest absolute Gasteiger partial charge is 0.264 e. The van der Waals surface area contributed by atoms with E-state index in [4.69, 9.17) is 9.84 Å². The normalized spacial score (nSPS) is 18.9. The van der Waals surface area contributed by atoms with Crippen LogP contribution in [-0.2, 0) is 49.8 Å². The SMILES string of the molecule is CC(=O)N1CCc2c(c(N3CCCc4cc(-c5cnc6c(NC(=O)[C@@H](C(=O)N7C[C@H](O)C[C@H]7C(=O)NCc7ccc(-c8scnc8C)cc7)C(C)(C)C)cnn6c5)c(C(F)F)cc43)nn2C2CCOCC2)C1. The van der Waals surface area contributed by atoms with Crippen molar-refractivity contribution in [1.29, 1.82) is 0 Å². The Labute approximate surface area is 419 Å². The predicted octanol–water partition coefficient (Wildman–Crippen LogP) is 7.18. The zero-order valence-corrected chi connectivity index (χ0v) is 41.8. The number of hydrogen-bond acceptors (Lipinski definition) is 12. The van der Waals surface area contributed by atoms with Crippen molar-refractivity contribution in [1.82, 2.24) is 44.5 Å². The molecule has 0 bridgehead atoms. The largest absolute Gasteiger partial charge is 0.391 e. The number of aliphatic hydroxyl groups excluding tert-OH is 1. The molecule has 4 aliphatic heterocycles. The first kappa shape index (κ1) is 49.0. The molecule has 8 heterocycles. The molecule has 3 atom stereocenters. The molecule has 2 saturated heterocycles. The molecule has 378 valence electrons. The van der Waals surface area contributed by atoms with Gasteiger partial charge in [-0.25, -0.2) is 23.3 Å². The Hall–Kier alpha value is -6.64. The molecule has 0 radical (unpaired) electrons. The van der Waals surface area contributed by atoms with Crippen LogP contribution in [0.5, 0.6) is 0 Å². The van der Waals surface area contributed by atoms with Crippen molar-refractivity contribution in [3.63, 3.8) is 0 Å². The highest BCUT2D eigenvalue weighted by atomic mass is 32.1. The van der Waals surface area contributed by atoms with E-state index in [-0.39, 0.29) is 48.4 Å². The van der Waals surface area contributed by atoms with Crippen molar-refractivity contribution in [3.8, 4) is 21.6 Å². The highest BCUT2D eigenvalue weighted by Gasteiger charge is 2.47. The molecule has 72 heavy (non-hydrogen) atoms. The van der Waals surface area contributed by atoms with E-state index in [1.54, 1.807) is 62.9 Å². The third-order valence-electron chi connectivity index (χ3n) is 14.5. The summed E-state index contributed by atoms with van der Waals surface area (Å²) in [6.07, 6.45) is 4.35. The number of benzene rings is 2. The minimum absolute atomic E-state index is 0.0147. The van der Waals surface area contributed by atoms with E-state index in [9.17, 15) is 24.3 Å². The lowest BCUT2D eigenvalue weighted by Gasteiger charge is -2.34. The van der Waals surface area contributed by atoms with Crippen molar-refractivity contribution >= 4 is 57.8 Å². The molecule has 4 aliphatic rings. The van der Waals surface area contributed by atoms with Gasteiger partial charge >= 0.3 is 0 Å². The number of aliphatic hydroxyl groups is 1. The van der Waals surface area contributed by atoms with Crippen LogP contribution in [0.3, 0.4) is 0 Å². The van der Waals surface area contributed by atoms with Gasteiger partial charge in [-0.3, -0.25) is 23.9 Å². The number of anilines is 3. The van der Waals surface area contributed by atoms with Gasteiger partial charge < -0.3 is 35.2 Å². The number of fused-ring (bicyclic) bond motifs is 3. The zero-order chi connectivity index (χ0) is 50.6. The molecule has 10 rings (SSSR count). The first-order valence-electron chi connectivity index (χ1n) is 24.6. The average molecular weight is 1000 g/mol. The van der Waals surface area contributed by atoms with Gasteiger partial charge in [-0.2, -0.15) is 10.2 Å². The number of alkyl halides is 2. The summed E-state index contributed by atoms with van der Waals surface area (Å²) in [5, 5.41) is 26.2. The van der Waals surface area contributed by atoms with Gasteiger partial charge in [-0.1, -0.05) is 45.0 Å². The number of carbonyl (C=O) groups excluding carboxylic acids is 4. The molecule has 0 saturated carbocycles. The Bertz CT molecular complexity index is 3050. The molecule has 17 nitrogen and oxygen atoms in total. The Morgan fingerprint density at radius 2 is 1.78 bits per heavy atom. The number of carbonyl (C=O) groups is 4. The predicted molar refractivity (Wildman–Crippen MR) is 267 cm³/mol. The van der Waals surface area contributed by atoms with Gasteiger partial charge in [-0.05, 0) is 72.4 Å². The first-order chi connectivity index (χ1) is 34.5. The number of nitrogens with one attached hydrogen (secondary N) is 2. The third kappa shape index (κ3) is 9.46. The summed E-state index contributed by atoms with van der Waals surface area (Å²) < 4.78 is 39.7. The molecular formula is C52H59F2N11O6S. The second-order valence-electron chi connectivity index (χ2n) is 20.4. The second kappa shape index (κ2) is 19.8. The topological polar surface area (TPSA) is 192 Å². The number of hydrogen-bond donors (Lipinski definition) is 3. The summed E-state index contributed by atoms with van der Waals surface area (Å²) in [7, 11) is 0. The van der Waals surface area contributed by atoms with Crippen LogP contribution in [0.4, 0.5) is 26.0 Å². The summed E-state index contributed by atoms with van der Waals surface area (Å²) in [6.45, 7) is 11.7. The van der Waals surface area contributed by atoms with E-state index in [1.165, 1.54) is 21.8 Å². The summed E-state index contributed by atoms with van der Waals surface area (Å²) in [4.78, 5) is 70.1. The van der Waals surface area contributed by atoms with Crippen LogP contribution in [0.2, 0.25) is 0 Å². The van der Waals surface area contributed by atoms with Gasteiger partial charge in [0, 0.05) is 99.6 Å². The maximum atomic E-state index is 15.3. The molecule has 6 aromatic rings. The lowest BCUT2D eigenvalue weighted by molar-refractivity contribution is -0.148. The van der Waals surface area contributed by atoms with Gasteiger partial charge in [-0.15, -0.1) is 11.3 Å². The summed E-state index contributed by atoms with van der Waals surface area (Å²) >= 11 is 1.55. The van der Waals surface area contributed by atoms with E-state index in [1.807, 2.05) is 41.0 Å². The number of nitrogens with zero attached hydrogens (tertiary/aromatic N) is 9. The number of rotatable bonds is 11. The van der Waals surface area contributed by atoms with Crippen molar-refractivity contribution in [2.45, 2.75) is 111 Å². The molecule has 0 unspecified atom stereocenters. The molecule has 0 spiro atoms. The quantitative estimate of drug-likeness (QED) is 0.111. The molecule has 0 aliphatic carbocycles. The van der Waals surface area contributed by atoms with Crippen molar-refractivity contribution in [2.75, 3.05) is 43.1 Å². The Balaban J connectivity index is 0.874. The minimum Gasteiger partial charge on any atom is -0.391 e. The van der Waals surface area contributed by atoms with E-state index >= 15 is 8.78 Å². The molecule has 20 heteroatoms. The van der Waals surface area contributed by atoms with Crippen molar-refractivity contribution < 1.29 is 37.8 Å². The Morgan fingerprint density at radius 1 is 1.00 bits per heavy atom. The maximum Gasteiger partial charge on any atom is 0.264 e. The number of ether oxygens (including phenoxy) is 1. The van der Waals surface area contributed by atoms with E-state index in [0.29, 0.717) is 68.3 Å². The fourth-order valence-corrected chi connectivity index (χ4v) is 11.6. The Kier molecular flexibility index (Phi) is 13.4. The maximum absolute atomic E-state index is 15.3. The standard InChI is InChI=1S/C52H59F2N11O6S/c1-29-45(72-28-57-29)32-10-8-31(9-11-32)22-56-49(68)43-20-36(67)26-63(43)51(70)44(52(3,4)5)50(69)59-40-24-58-64-25-34(23-55-48(40)64)37-19-33-7-6-15-62(42(33)21-38(37)46(53)54)47-39-27-61(30(2)66)16-12-41(39)65(60-47)35-13-17-71-18-14-35/h8-11,19,21,23-25,28,35-36,43-44,46,67H,6-7,12-18,20,22,26-27H2,1-5H3,(H,56,68)(H,59,69)/t36-,43+,44+/m1/s1. The Morgan fingerprint density at radius 3 is 2.49 bits per heavy atom. The fourth-order valence-electron chi connectivity index (χ4n) is 10.8. The number of halogens is 2. The van der Waals surface area contributed by atoms with Gasteiger partial charge in [0.05, 0.1) is 41.0 Å². The summed E-state index contributed by atoms with van der Waals surface area (Å²) in [5.41, 5.74) is 8.16. The van der Waals surface area contributed by atoms with Crippen LogP contribution in [-0.4, -0.2) is 113 Å². The summed E-state index contributed by atoms with van der Waals surface area (Å²) in [6, 6.07) is 10.3. The molecule has 4 aromatic heterocycles. The van der Waals surface area contributed by atoms with Crippen LogP contribution in [0.15, 0.2) is 60.5 Å².